The van der Waals surface area contributed by atoms with Crippen molar-refractivity contribution in [1.29, 1.82) is 0 Å². The highest BCUT2D eigenvalue weighted by atomic mass is 16.6. The number of ether oxygens (including phenoxy) is 3. The van der Waals surface area contributed by atoms with Crippen molar-refractivity contribution in [3.05, 3.63) is 83.2 Å². The van der Waals surface area contributed by atoms with Crippen LogP contribution in [0.25, 0.3) is 0 Å². The van der Waals surface area contributed by atoms with Crippen molar-refractivity contribution >= 4 is 12.1 Å². The van der Waals surface area contributed by atoms with Gasteiger partial charge >= 0.3 is 12.1 Å². The van der Waals surface area contributed by atoms with Crippen LogP contribution in [0, 0.1) is 5.92 Å². The minimum atomic E-state index is -0.495. The minimum Gasteiger partial charge on any atom is -0.487 e. The standard InChI is InChI=1S/C28H32N4O5/c1-31-22(16-24(30-31)27(33)35-2)18-36-23-10-6-9-21(15-23)26(20-7-4-3-5-8-20)29-28(34)37-25-17-32-13-11-19(25)12-14-32/h3-10,15-16,19,25-26H,11-14,17-18H2,1-2H3,(H,29,34)/t25-,26-/m0/s1. The summed E-state index contributed by atoms with van der Waals surface area (Å²) in [5.41, 5.74) is 2.77. The Hall–Kier alpha value is -3.85. The predicted molar refractivity (Wildman–Crippen MR) is 136 cm³/mol. The summed E-state index contributed by atoms with van der Waals surface area (Å²) in [6, 6.07) is 18.7. The first-order valence-corrected chi connectivity index (χ1v) is 12.6. The van der Waals surface area contributed by atoms with E-state index < -0.39 is 18.1 Å². The van der Waals surface area contributed by atoms with Gasteiger partial charge in [0.15, 0.2) is 5.69 Å². The van der Waals surface area contributed by atoms with Gasteiger partial charge in [-0.25, -0.2) is 9.59 Å². The molecular formula is C28H32N4O5. The molecule has 0 spiro atoms. The van der Waals surface area contributed by atoms with Gasteiger partial charge in [0, 0.05) is 13.6 Å². The van der Waals surface area contributed by atoms with E-state index in [1.54, 1.807) is 17.8 Å². The highest BCUT2D eigenvalue weighted by Crippen LogP contribution is 2.30. The summed E-state index contributed by atoms with van der Waals surface area (Å²) in [5.74, 6) is 0.576. The molecule has 3 aliphatic heterocycles. The third kappa shape index (κ3) is 5.77. The third-order valence-electron chi connectivity index (χ3n) is 7.20. The van der Waals surface area contributed by atoms with Gasteiger partial charge in [0.2, 0.25) is 0 Å². The molecule has 9 heteroatoms. The second-order valence-corrected chi connectivity index (χ2v) is 9.57. The largest absolute Gasteiger partial charge is 0.487 e. The van der Waals surface area contributed by atoms with Crippen LogP contribution in [0.2, 0.25) is 0 Å². The highest BCUT2D eigenvalue weighted by Gasteiger charge is 2.36. The van der Waals surface area contributed by atoms with Crippen LogP contribution in [-0.4, -0.2) is 59.6 Å². The molecule has 0 radical (unpaired) electrons. The zero-order valence-corrected chi connectivity index (χ0v) is 21.1. The highest BCUT2D eigenvalue weighted by molar-refractivity contribution is 5.87. The zero-order valence-electron chi connectivity index (χ0n) is 21.1. The van der Waals surface area contributed by atoms with Gasteiger partial charge in [0.05, 0.1) is 18.8 Å². The second-order valence-electron chi connectivity index (χ2n) is 9.57. The number of nitrogens with one attached hydrogen (secondary N) is 1. The Morgan fingerprint density at radius 2 is 1.81 bits per heavy atom. The molecule has 3 aliphatic rings. The first-order valence-electron chi connectivity index (χ1n) is 12.6. The molecule has 4 heterocycles. The van der Waals surface area contributed by atoms with Gasteiger partial charge in [-0.3, -0.25) is 9.58 Å². The SMILES string of the molecule is COC(=O)c1cc(COc2cccc([C@@H](NC(=O)O[C@H]3CN4CCC3CC4)c3ccccc3)c2)n(C)n1. The average molecular weight is 505 g/mol. The Morgan fingerprint density at radius 3 is 2.51 bits per heavy atom. The molecule has 3 saturated heterocycles. The van der Waals surface area contributed by atoms with Gasteiger partial charge in [-0.2, -0.15) is 5.10 Å². The average Bonchev–Trinajstić information content (AvgIpc) is 3.31. The fourth-order valence-electron chi connectivity index (χ4n) is 5.12. The van der Waals surface area contributed by atoms with Crippen molar-refractivity contribution in [3.63, 3.8) is 0 Å². The van der Waals surface area contributed by atoms with Crippen LogP contribution in [0.5, 0.6) is 5.75 Å². The minimum absolute atomic E-state index is 0.0673. The topological polar surface area (TPSA) is 94.9 Å². The van der Waals surface area contributed by atoms with Crippen molar-refractivity contribution in [2.75, 3.05) is 26.7 Å². The van der Waals surface area contributed by atoms with Crippen LogP contribution < -0.4 is 10.1 Å². The Bertz CT molecular complexity index is 1240. The summed E-state index contributed by atoms with van der Waals surface area (Å²) < 4.78 is 18.3. The molecule has 0 aliphatic carbocycles. The number of fused-ring (bicyclic) bond motifs is 3. The van der Waals surface area contributed by atoms with Gasteiger partial charge in [0.1, 0.15) is 18.5 Å². The molecule has 3 aromatic rings. The molecule has 0 saturated carbocycles. The zero-order chi connectivity index (χ0) is 25.8. The van der Waals surface area contributed by atoms with Crippen LogP contribution in [-0.2, 0) is 23.1 Å². The summed E-state index contributed by atoms with van der Waals surface area (Å²) in [5, 5.41) is 7.26. The molecule has 1 amide bonds. The van der Waals surface area contributed by atoms with E-state index in [0.29, 0.717) is 11.7 Å². The number of hydrogen-bond donors (Lipinski definition) is 1. The van der Waals surface area contributed by atoms with Crippen LogP contribution in [0.4, 0.5) is 4.79 Å². The molecule has 1 N–H and O–H groups in total. The molecule has 2 bridgehead atoms. The summed E-state index contributed by atoms with van der Waals surface area (Å²) in [6.45, 7) is 3.21. The molecular weight excluding hydrogens is 472 g/mol. The van der Waals surface area contributed by atoms with Crippen molar-refractivity contribution in [3.8, 4) is 5.75 Å². The number of benzene rings is 2. The van der Waals surface area contributed by atoms with Crippen LogP contribution >= 0.6 is 0 Å². The lowest BCUT2D eigenvalue weighted by Crippen LogP contribution is -2.52. The van der Waals surface area contributed by atoms with Gasteiger partial charge in [-0.1, -0.05) is 42.5 Å². The summed E-state index contributed by atoms with van der Waals surface area (Å²) in [7, 11) is 3.07. The fraction of sp³-hybridized carbons (Fsp3) is 0.393. The first-order chi connectivity index (χ1) is 18.0. The number of aromatic nitrogens is 2. The Balaban J connectivity index is 1.30. The number of alkyl carbamates (subject to hydrolysis) is 1. The molecule has 2 aromatic carbocycles. The molecule has 0 unspecified atom stereocenters. The van der Waals surface area contributed by atoms with E-state index in [9.17, 15) is 9.59 Å². The maximum atomic E-state index is 13.0. The number of rotatable bonds is 8. The van der Waals surface area contributed by atoms with E-state index in [1.165, 1.54) is 7.11 Å². The lowest BCUT2D eigenvalue weighted by molar-refractivity contribution is -0.0336. The lowest BCUT2D eigenvalue weighted by Gasteiger charge is -2.43. The smallest absolute Gasteiger partial charge is 0.408 e. The number of carbonyl (C=O) groups excluding carboxylic acids is 2. The maximum absolute atomic E-state index is 13.0. The molecule has 1 aromatic heterocycles. The number of nitrogens with zero attached hydrogens (tertiary/aromatic N) is 3. The van der Waals surface area contributed by atoms with Crippen molar-refractivity contribution in [1.82, 2.24) is 20.0 Å². The lowest BCUT2D eigenvalue weighted by atomic mass is 9.86. The van der Waals surface area contributed by atoms with Crippen LogP contribution in [0.3, 0.4) is 0 Å². The van der Waals surface area contributed by atoms with E-state index in [-0.39, 0.29) is 18.4 Å². The number of piperidine rings is 3. The number of aryl methyl sites for hydroxylation is 1. The Morgan fingerprint density at radius 1 is 1.05 bits per heavy atom. The molecule has 9 nitrogen and oxygen atoms in total. The van der Waals surface area contributed by atoms with E-state index >= 15 is 0 Å². The second kappa shape index (κ2) is 11.0. The number of methoxy groups -OCH3 is 1. The van der Waals surface area contributed by atoms with Gasteiger partial charge < -0.3 is 19.5 Å². The molecule has 3 fully saturated rings. The Kier molecular flexibility index (Phi) is 7.41. The van der Waals surface area contributed by atoms with E-state index in [1.807, 2.05) is 54.6 Å². The summed E-state index contributed by atoms with van der Waals surface area (Å²) >= 11 is 0. The van der Waals surface area contributed by atoms with Crippen LogP contribution in [0.1, 0.15) is 46.2 Å². The van der Waals surface area contributed by atoms with Crippen LogP contribution in [0.15, 0.2) is 60.7 Å². The first kappa shape index (κ1) is 24.8. The fourth-order valence-corrected chi connectivity index (χ4v) is 5.12. The van der Waals surface area contributed by atoms with Crippen molar-refractivity contribution in [2.24, 2.45) is 13.0 Å². The van der Waals surface area contributed by atoms with Crippen molar-refractivity contribution in [2.45, 2.75) is 31.6 Å². The predicted octanol–water partition coefficient (Wildman–Crippen LogP) is 3.70. The van der Waals surface area contributed by atoms with E-state index in [0.717, 1.165) is 49.3 Å². The molecule has 2 atom stereocenters. The Labute approximate surface area is 216 Å². The molecule has 37 heavy (non-hydrogen) atoms. The van der Waals surface area contributed by atoms with Gasteiger partial charge in [0.25, 0.3) is 0 Å². The monoisotopic (exact) mass is 504 g/mol. The number of carbonyl (C=O) groups is 2. The summed E-state index contributed by atoms with van der Waals surface area (Å²) in [4.78, 5) is 27.2. The number of esters is 1. The van der Waals surface area contributed by atoms with Gasteiger partial charge in [-0.05, 0) is 61.2 Å². The van der Waals surface area contributed by atoms with E-state index in [2.05, 4.69) is 15.3 Å². The van der Waals surface area contributed by atoms with Crippen molar-refractivity contribution < 1.29 is 23.8 Å². The summed E-state index contributed by atoms with van der Waals surface area (Å²) in [6.07, 6.45) is 1.68. The number of hydrogen-bond acceptors (Lipinski definition) is 7. The quantitative estimate of drug-likeness (QED) is 0.468. The maximum Gasteiger partial charge on any atom is 0.408 e. The third-order valence-corrected chi connectivity index (χ3v) is 7.20. The van der Waals surface area contributed by atoms with E-state index in [4.69, 9.17) is 14.2 Å². The molecule has 6 rings (SSSR count). The normalized spacial score (nSPS) is 21.2. The molecule has 194 valence electrons. The number of amides is 1. The van der Waals surface area contributed by atoms with Gasteiger partial charge in [-0.15, -0.1) is 0 Å².